The Morgan fingerprint density at radius 1 is 1.08 bits per heavy atom. The molecule has 0 aliphatic carbocycles. The second-order valence-corrected chi connectivity index (χ2v) is 15.0. The van der Waals surface area contributed by atoms with Crippen LogP contribution < -0.4 is 4.74 Å². The van der Waals surface area contributed by atoms with Gasteiger partial charge >= 0.3 is 0 Å². The molecule has 0 bridgehead atoms. The van der Waals surface area contributed by atoms with Gasteiger partial charge in [0, 0.05) is 24.1 Å². The Bertz CT molecular complexity index is 1400. The van der Waals surface area contributed by atoms with Gasteiger partial charge in [0.05, 0.1) is 34.2 Å². The first-order valence-electron chi connectivity index (χ1n) is 12.1. The summed E-state index contributed by atoms with van der Waals surface area (Å²) in [5, 5.41) is -0.177. The highest BCUT2D eigenvalue weighted by molar-refractivity contribution is 7.92. The molecule has 0 aromatic heterocycles. The molecule has 0 spiro atoms. The molecule has 3 heterocycles. The van der Waals surface area contributed by atoms with Gasteiger partial charge in [-0.05, 0) is 69.3 Å². The van der Waals surface area contributed by atoms with E-state index in [9.17, 15) is 21.2 Å². The number of hydrogen-bond acceptors (Lipinski definition) is 7. The minimum absolute atomic E-state index is 0.0146. The van der Waals surface area contributed by atoms with Gasteiger partial charge in [-0.3, -0.25) is 0 Å². The normalized spacial score (nSPS) is 28.4. The Labute approximate surface area is 220 Å². The number of likely N-dealkylation sites (tertiary alicyclic amines) is 1. The van der Waals surface area contributed by atoms with E-state index in [1.54, 1.807) is 0 Å². The highest BCUT2D eigenvalue weighted by Gasteiger charge is 2.61. The molecule has 202 valence electrons. The van der Waals surface area contributed by atoms with Crippen LogP contribution in [0.25, 0.3) is 0 Å². The second kappa shape index (κ2) is 9.75. The number of rotatable bonds is 6. The van der Waals surface area contributed by atoms with Crippen LogP contribution in [0.5, 0.6) is 5.75 Å². The molecular weight excluding hydrogens is 548 g/mol. The summed E-state index contributed by atoms with van der Waals surface area (Å²) < 4.78 is 94.6. The molecule has 12 heteroatoms. The summed E-state index contributed by atoms with van der Waals surface area (Å²) in [7, 11) is -5.96. The van der Waals surface area contributed by atoms with Gasteiger partial charge in [0.25, 0.3) is 0 Å². The van der Waals surface area contributed by atoms with Gasteiger partial charge in [0.1, 0.15) is 10.6 Å². The van der Waals surface area contributed by atoms with Crippen LogP contribution in [0.3, 0.4) is 0 Å². The molecule has 5 rings (SSSR count). The van der Waals surface area contributed by atoms with E-state index in [1.807, 2.05) is 11.9 Å². The van der Waals surface area contributed by atoms with Gasteiger partial charge in [0.2, 0.25) is 0 Å². The molecule has 3 aliphatic heterocycles. The Morgan fingerprint density at radius 2 is 1.78 bits per heavy atom. The lowest BCUT2D eigenvalue weighted by molar-refractivity contribution is -0.0732. The van der Waals surface area contributed by atoms with Crippen molar-refractivity contribution in [2.24, 2.45) is 5.92 Å². The SMILES string of the molecule is CN1CC[C@H](S(=O)(=O)CC[C@@H]2OCC[C@@]3(S(=O)(=O)c4ccc(Cl)cc4)c4c(F)ccc(F)c4OC[C@@H]23)C1. The molecule has 0 amide bonds. The lowest BCUT2D eigenvalue weighted by Gasteiger charge is -2.50. The Kier molecular flexibility index (Phi) is 7.06. The van der Waals surface area contributed by atoms with E-state index < -0.39 is 59.1 Å². The predicted molar refractivity (Wildman–Crippen MR) is 134 cm³/mol. The third-order valence-electron chi connectivity index (χ3n) is 7.89. The molecule has 2 aromatic carbocycles. The molecule has 3 aliphatic rings. The molecule has 37 heavy (non-hydrogen) atoms. The fourth-order valence-corrected chi connectivity index (χ4v) is 10.3. The predicted octanol–water partition coefficient (Wildman–Crippen LogP) is 3.59. The first-order chi connectivity index (χ1) is 17.5. The summed E-state index contributed by atoms with van der Waals surface area (Å²) in [6, 6.07) is 7.31. The smallest absolute Gasteiger partial charge is 0.189 e. The molecular formula is C25H28ClF2NO6S2. The first kappa shape index (κ1) is 26.8. The number of hydrogen-bond donors (Lipinski definition) is 0. The number of ether oxygens (including phenoxy) is 2. The molecule has 4 atom stereocenters. The number of benzene rings is 2. The lowest BCUT2D eigenvalue weighted by Crippen LogP contribution is -2.57. The molecule has 2 fully saturated rings. The highest BCUT2D eigenvalue weighted by Crippen LogP contribution is 2.56. The largest absolute Gasteiger partial charge is 0.490 e. The van der Waals surface area contributed by atoms with E-state index >= 15 is 4.39 Å². The minimum Gasteiger partial charge on any atom is -0.490 e. The summed E-state index contributed by atoms with van der Waals surface area (Å²) in [6.07, 6.45) is -0.457. The standard InChI is InChI=1S/C25H28ClF2NO6S2/c1-29-11-8-18(14-29)36(30,31)13-9-22-19-15-35-24-21(28)7-6-20(27)23(24)25(19,10-12-34-22)37(32,33)17-4-2-16(26)3-5-17/h2-7,18-19,22H,8-15H2,1H3/t18-,19-,22-,25-/m0/s1. The van der Waals surface area contributed by atoms with Gasteiger partial charge in [-0.2, -0.15) is 0 Å². The molecule has 2 aromatic rings. The van der Waals surface area contributed by atoms with Crippen LogP contribution in [0, 0.1) is 17.6 Å². The molecule has 0 radical (unpaired) electrons. The third kappa shape index (κ3) is 4.46. The highest BCUT2D eigenvalue weighted by atomic mass is 35.5. The maximum Gasteiger partial charge on any atom is 0.189 e. The van der Waals surface area contributed by atoms with Crippen LogP contribution in [0.1, 0.15) is 24.8 Å². The summed E-state index contributed by atoms with van der Waals surface area (Å²) in [5.41, 5.74) is -0.368. The first-order valence-corrected chi connectivity index (χ1v) is 15.7. The second-order valence-electron chi connectivity index (χ2n) is 9.99. The fourth-order valence-electron chi connectivity index (χ4n) is 5.97. The van der Waals surface area contributed by atoms with E-state index in [-0.39, 0.29) is 42.3 Å². The van der Waals surface area contributed by atoms with Crippen molar-refractivity contribution in [1.82, 2.24) is 4.90 Å². The average Bonchev–Trinajstić information content (AvgIpc) is 3.32. The van der Waals surface area contributed by atoms with E-state index in [2.05, 4.69) is 0 Å². The number of nitrogens with zero attached hydrogens (tertiary/aromatic N) is 1. The third-order valence-corrected chi connectivity index (χ3v) is 12.9. The topological polar surface area (TPSA) is 90.0 Å². The Morgan fingerprint density at radius 3 is 2.46 bits per heavy atom. The van der Waals surface area contributed by atoms with Crippen molar-refractivity contribution < 1.29 is 35.1 Å². The number of halogens is 3. The van der Waals surface area contributed by atoms with Crippen molar-refractivity contribution in [1.29, 1.82) is 0 Å². The average molecular weight is 576 g/mol. The summed E-state index contributed by atoms with van der Waals surface area (Å²) in [4.78, 5) is 1.85. The zero-order chi connectivity index (χ0) is 26.6. The molecule has 0 unspecified atom stereocenters. The van der Waals surface area contributed by atoms with Gasteiger partial charge in [-0.25, -0.2) is 25.6 Å². The quantitative estimate of drug-likeness (QED) is 0.520. The maximum atomic E-state index is 15.4. The summed E-state index contributed by atoms with van der Waals surface area (Å²) in [6.45, 7) is 0.782. The summed E-state index contributed by atoms with van der Waals surface area (Å²) in [5.74, 6) is -3.37. The van der Waals surface area contributed by atoms with Gasteiger partial charge in [0.15, 0.2) is 31.2 Å². The lowest BCUT2D eigenvalue weighted by atomic mass is 9.75. The van der Waals surface area contributed by atoms with E-state index in [0.717, 1.165) is 12.1 Å². The van der Waals surface area contributed by atoms with Gasteiger partial charge < -0.3 is 14.4 Å². The number of sulfone groups is 2. The maximum absolute atomic E-state index is 15.4. The summed E-state index contributed by atoms with van der Waals surface area (Å²) >= 11 is 5.98. The van der Waals surface area contributed by atoms with Crippen molar-refractivity contribution in [3.63, 3.8) is 0 Å². The van der Waals surface area contributed by atoms with Crippen LogP contribution in [-0.2, 0) is 29.2 Å². The van der Waals surface area contributed by atoms with Crippen LogP contribution >= 0.6 is 11.6 Å². The van der Waals surface area contributed by atoms with E-state index in [1.165, 1.54) is 24.3 Å². The number of fused-ring (bicyclic) bond motifs is 3. The van der Waals surface area contributed by atoms with Gasteiger partial charge in [-0.15, -0.1) is 0 Å². The van der Waals surface area contributed by atoms with E-state index in [4.69, 9.17) is 21.1 Å². The van der Waals surface area contributed by atoms with Crippen molar-refractivity contribution in [3.8, 4) is 5.75 Å². The van der Waals surface area contributed by atoms with Crippen LogP contribution in [-0.4, -0.2) is 72.2 Å². The molecule has 0 N–H and O–H groups in total. The minimum atomic E-state index is -4.34. The Balaban J connectivity index is 1.58. The van der Waals surface area contributed by atoms with Crippen LogP contribution in [0.4, 0.5) is 8.78 Å². The molecule has 7 nitrogen and oxygen atoms in total. The van der Waals surface area contributed by atoms with Crippen molar-refractivity contribution in [2.75, 3.05) is 39.1 Å². The van der Waals surface area contributed by atoms with Gasteiger partial charge in [-0.1, -0.05) is 11.6 Å². The molecule has 0 saturated carbocycles. The zero-order valence-corrected chi connectivity index (χ0v) is 22.6. The zero-order valence-electron chi connectivity index (χ0n) is 20.2. The molecule has 2 saturated heterocycles. The van der Waals surface area contributed by atoms with Crippen LogP contribution in [0.2, 0.25) is 5.02 Å². The van der Waals surface area contributed by atoms with Crippen molar-refractivity contribution in [3.05, 3.63) is 58.6 Å². The monoisotopic (exact) mass is 575 g/mol. The Hall–Kier alpha value is -1.79. The fraction of sp³-hybridized carbons (Fsp3) is 0.520. The van der Waals surface area contributed by atoms with Crippen LogP contribution in [0.15, 0.2) is 41.3 Å². The van der Waals surface area contributed by atoms with Crippen molar-refractivity contribution >= 4 is 31.3 Å². The van der Waals surface area contributed by atoms with Crippen molar-refractivity contribution in [2.45, 2.75) is 40.3 Å². The van der Waals surface area contributed by atoms with E-state index in [0.29, 0.717) is 24.5 Å².